The topological polar surface area (TPSA) is 95.5 Å². The zero-order valence-electron chi connectivity index (χ0n) is 12.3. The van der Waals surface area contributed by atoms with E-state index in [9.17, 15) is 19.5 Å². The molecule has 0 aliphatic carbocycles. The third kappa shape index (κ3) is 4.91. The van der Waals surface area contributed by atoms with Crippen molar-refractivity contribution in [2.24, 2.45) is 5.92 Å². The molecule has 0 heterocycles. The minimum atomic E-state index is -1.06. The van der Waals surface area contributed by atoms with Crippen LogP contribution in [0.25, 0.3) is 0 Å². The van der Waals surface area contributed by atoms with Gasteiger partial charge < -0.3 is 15.7 Å². The Morgan fingerprint density at radius 3 is 2.48 bits per heavy atom. The standard InChI is InChI=1S/C15H20N2O4/c1-4-9(2)13(15(20)21)17-14(19)11-6-5-7-12(8-11)16-10(3)18/h5-9,13H,4H2,1-3H3,(H,16,18)(H,17,19)(H,20,21)/t9-,13+/m1/s1. The Balaban J connectivity index is 2.87. The number of carboxylic acid groups (broad SMARTS) is 1. The van der Waals surface area contributed by atoms with E-state index in [2.05, 4.69) is 10.6 Å². The molecular formula is C15H20N2O4. The van der Waals surface area contributed by atoms with Gasteiger partial charge in [-0.05, 0) is 24.1 Å². The summed E-state index contributed by atoms with van der Waals surface area (Å²) in [5.74, 6) is -1.95. The van der Waals surface area contributed by atoms with Gasteiger partial charge in [0.1, 0.15) is 6.04 Å². The Kier molecular flexibility index (Phi) is 5.90. The van der Waals surface area contributed by atoms with E-state index >= 15 is 0 Å². The van der Waals surface area contributed by atoms with Crippen molar-refractivity contribution >= 4 is 23.5 Å². The first-order valence-electron chi connectivity index (χ1n) is 6.76. The molecule has 1 rings (SSSR count). The maximum absolute atomic E-state index is 12.1. The minimum absolute atomic E-state index is 0.176. The summed E-state index contributed by atoms with van der Waals surface area (Å²) in [6.07, 6.45) is 0.642. The molecule has 21 heavy (non-hydrogen) atoms. The average Bonchev–Trinajstić information content (AvgIpc) is 2.42. The van der Waals surface area contributed by atoms with E-state index in [1.165, 1.54) is 13.0 Å². The molecule has 0 aliphatic rings. The number of rotatable bonds is 6. The average molecular weight is 292 g/mol. The van der Waals surface area contributed by atoms with Crippen molar-refractivity contribution in [1.29, 1.82) is 0 Å². The van der Waals surface area contributed by atoms with Crippen LogP contribution in [0.4, 0.5) is 5.69 Å². The fourth-order valence-corrected chi connectivity index (χ4v) is 1.85. The smallest absolute Gasteiger partial charge is 0.326 e. The molecule has 1 aromatic carbocycles. The molecule has 0 aromatic heterocycles. The summed E-state index contributed by atoms with van der Waals surface area (Å²) < 4.78 is 0. The summed E-state index contributed by atoms with van der Waals surface area (Å²) >= 11 is 0. The Morgan fingerprint density at radius 1 is 1.29 bits per heavy atom. The molecule has 0 saturated carbocycles. The van der Waals surface area contributed by atoms with Crippen molar-refractivity contribution in [1.82, 2.24) is 5.32 Å². The molecule has 6 nitrogen and oxygen atoms in total. The Bertz CT molecular complexity index is 542. The van der Waals surface area contributed by atoms with E-state index in [1.54, 1.807) is 25.1 Å². The summed E-state index contributed by atoms with van der Waals surface area (Å²) in [6.45, 7) is 5.01. The third-order valence-electron chi connectivity index (χ3n) is 3.21. The van der Waals surface area contributed by atoms with Gasteiger partial charge in [0.05, 0.1) is 0 Å². The molecule has 0 aliphatic heterocycles. The van der Waals surface area contributed by atoms with Crippen molar-refractivity contribution in [3.05, 3.63) is 29.8 Å². The zero-order valence-corrected chi connectivity index (χ0v) is 12.3. The number of benzene rings is 1. The van der Waals surface area contributed by atoms with E-state index in [0.717, 1.165) is 0 Å². The van der Waals surface area contributed by atoms with Crippen LogP contribution in [-0.2, 0) is 9.59 Å². The molecule has 3 N–H and O–H groups in total. The first kappa shape index (κ1) is 16.7. The van der Waals surface area contributed by atoms with Gasteiger partial charge in [-0.25, -0.2) is 4.79 Å². The van der Waals surface area contributed by atoms with Crippen molar-refractivity contribution in [2.75, 3.05) is 5.32 Å². The lowest BCUT2D eigenvalue weighted by molar-refractivity contribution is -0.140. The van der Waals surface area contributed by atoms with Crippen LogP contribution in [0.3, 0.4) is 0 Å². The monoisotopic (exact) mass is 292 g/mol. The molecular weight excluding hydrogens is 272 g/mol. The van der Waals surface area contributed by atoms with Crippen LogP contribution in [0.5, 0.6) is 0 Å². The molecule has 0 spiro atoms. The predicted molar refractivity (Wildman–Crippen MR) is 79.1 cm³/mol. The number of carboxylic acids is 1. The predicted octanol–water partition coefficient (Wildman–Crippen LogP) is 1.87. The fourth-order valence-electron chi connectivity index (χ4n) is 1.85. The lowest BCUT2D eigenvalue weighted by Crippen LogP contribution is -2.45. The second-order valence-corrected chi connectivity index (χ2v) is 4.94. The molecule has 1 aromatic rings. The highest BCUT2D eigenvalue weighted by molar-refractivity contribution is 5.98. The Morgan fingerprint density at radius 2 is 1.95 bits per heavy atom. The van der Waals surface area contributed by atoms with Crippen molar-refractivity contribution in [3.8, 4) is 0 Å². The lowest BCUT2D eigenvalue weighted by Gasteiger charge is -2.20. The van der Waals surface area contributed by atoms with Gasteiger partial charge in [-0.2, -0.15) is 0 Å². The van der Waals surface area contributed by atoms with Crippen molar-refractivity contribution in [2.45, 2.75) is 33.2 Å². The summed E-state index contributed by atoms with van der Waals surface area (Å²) in [4.78, 5) is 34.3. The van der Waals surface area contributed by atoms with Crippen LogP contribution >= 0.6 is 0 Å². The van der Waals surface area contributed by atoms with Crippen molar-refractivity contribution < 1.29 is 19.5 Å². The van der Waals surface area contributed by atoms with Gasteiger partial charge in [0.25, 0.3) is 5.91 Å². The van der Waals surface area contributed by atoms with E-state index in [1.807, 2.05) is 6.92 Å². The number of aliphatic carboxylic acids is 1. The minimum Gasteiger partial charge on any atom is -0.480 e. The first-order valence-corrected chi connectivity index (χ1v) is 6.76. The zero-order chi connectivity index (χ0) is 16.0. The molecule has 0 radical (unpaired) electrons. The Labute approximate surface area is 123 Å². The second kappa shape index (κ2) is 7.42. The van der Waals surface area contributed by atoms with Crippen LogP contribution in [-0.4, -0.2) is 28.9 Å². The molecule has 0 fully saturated rings. The van der Waals surface area contributed by atoms with Crippen LogP contribution in [0, 0.1) is 5.92 Å². The van der Waals surface area contributed by atoms with Gasteiger partial charge in [-0.3, -0.25) is 9.59 Å². The summed E-state index contributed by atoms with van der Waals surface area (Å²) in [5.41, 5.74) is 0.793. The molecule has 114 valence electrons. The quantitative estimate of drug-likeness (QED) is 0.746. The van der Waals surface area contributed by atoms with Crippen molar-refractivity contribution in [3.63, 3.8) is 0 Å². The summed E-state index contributed by atoms with van der Waals surface area (Å²) in [7, 11) is 0. The number of hydrogen-bond donors (Lipinski definition) is 3. The molecule has 6 heteroatoms. The molecule has 2 atom stereocenters. The number of anilines is 1. The molecule has 0 bridgehead atoms. The normalized spacial score (nSPS) is 13.1. The van der Waals surface area contributed by atoms with Crippen LogP contribution in [0.15, 0.2) is 24.3 Å². The Hall–Kier alpha value is -2.37. The number of nitrogens with one attached hydrogen (secondary N) is 2. The van der Waals surface area contributed by atoms with Gasteiger partial charge in [0.15, 0.2) is 0 Å². The van der Waals surface area contributed by atoms with Gasteiger partial charge in [0.2, 0.25) is 5.91 Å². The van der Waals surface area contributed by atoms with Crippen LogP contribution in [0.2, 0.25) is 0 Å². The molecule has 2 amide bonds. The van der Waals surface area contributed by atoms with E-state index in [4.69, 9.17) is 0 Å². The number of carbonyl (C=O) groups excluding carboxylic acids is 2. The van der Waals surface area contributed by atoms with E-state index in [-0.39, 0.29) is 11.8 Å². The van der Waals surface area contributed by atoms with Gasteiger partial charge in [-0.15, -0.1) is 0 Å². The van der Waals surface area contributed by atoms with E-state index < -0.39 is 17.9 Å². The van der Waals surface area contributed by atoms with Gasteiger partial charge in [-0.1, -0.05) is 26.3 Å². The SMILES string of the molecule is CC[C@@H](C)[C@H](NC(=O)c1cccc(NC(C)=O)c1)C(=O)O. The largest absolute Gasteiger partial charge is 0.480 e. The third-order valence-corrected chi connectivity index (χ3v) is 3.21. The first-order chi connectivity index (χ1) is 9.85. The fraction of sp³-hybridized carbons (Fsp3) is 0.400. The number of amides is 2. The second-order valence-electron chi connectivity index (χ2n) is 4.94. The van der Waals surface area contributed by atoms with Gasteiger partial charge >= 0.3 is 5.97 Å². The van der Waals surface area contributed by atoms with Crippen LogP contribution < -0.4 is 10.6 Å². The highest BCUT2D eigenvalue weighted by Crippen LogP contribution is 2.13. The highest BCUT2D eigenvalue weighted by Gasteiger charge is 2.25. The summed E-state index contributed by atoms with van der Waals surface area (Å²) in [5, 5.41) is 14.3. The van der Waals surface area contributed by atoms with E-state index in [0.29, 0.717) is 17.7 Å². The summed E-state index contributed by atoms with van der Waals surface area (Å²) in [6, 6.07) is 5.41. The number of hydrogen-bond acceptors (Lipinski definition) is 3. The molecule has 0 unspecified atom stereocenters. The maximum Gasteiger partial charge on any atom is 0.326 e. The highest BCUT2D eigenvalue weighted by atomic mass is 16.4. The van der Waals surface area contributed by atoms with Crippen LogP contribution in [0.1, 0.15) is 37.6 Å². The van der Waals surface area contributed by atoms with Gasteiger partial charge in [0, 0.05) is 18.2 Å². The lowest BCUT2D eigenvalue weighted by atomic mass is 9.99. The molecule has 0 saturated heterocycles. The number of carbonyl (C=O) groups is 3. The maximum atomic E-state index is 12.1.